The van der Waals surface area contributed by atoms with Crippen molar-refractivity contribution in [2.24, 2.45) is 7.05 Å². The quantitative estimate of drug-likeness (QED) is 0.700. The number of aryl methyl sites for hydroxylation is 1. The van der Waals surface area contributed by atoms with Gasteiger partial charge in [-0.25, -0.2) is 0 Å². The molecule has 0 spiro atoms. The van der Waals surface area contributed by atoms with E-state index in [1.54, 1.807) is 44.6 Å². The number of aliphatic hydroxyl groups excluding tert-OH is 1. The molecule has 1 heterocycles. The summed E-state index contributed by atoms with van der Waals surface area (Å²) in [5.41, 5.74) is 5.94. The maximum atomic E-state index is 11.9. The maximum Gasteiger partial charge on any atom is 0.268 e. The minimum Gasteiger partial charge on any atom is -0.397 e. The fourth-order valence-electron chi connectivity index (χ4n) is 1.28. The highest BCUT2D eigenvalue weighted by Crippen LogP contribution is 2.13. The molecule has 0 aliphatic heterocycles. The lowest BCUT2D eigenvalue weighted by Crippen LogP contribution is -2.51. The number of anilines is 1. The summed E-state index contributed by atoms with van der Waals surface area (Å²) in [5, 5.41) is 12.3. The number of carbonyl (C=O) groups is 1. The van der Waals surface area contributed by atoms with Crippen LogP contribution in [-0.4, -0.2) is 27.2 Å². The molecule has 0 aliphatic rings. The lowest BCUT2D eigenvalue weighted by atomic mass is 9.98. The molecule has 16 heavy (non-hydrogen) atoms. The Morgan fingerprint density at radius 2 is 2.19 bits per heavy atom. The monoisotopic (exact) mass is 225 g/mol. The molecular formula is C11H19N3O2. The van der Waals surface area contributed by atoms with Crippen molar-refractivity contribution in [3.63, 3.8) is 0 Å². The van der Waals surface area contributed by atoms with Gasteiger partial charge in [0.05, 0.1) is 17.3 Å². The minimum absolute atomic E-state index is 0.245. The van der Waals surface area contributed by atoms with E-state index >= 15 is 0 Å². The van der Waals surface area contributed by atoms with Gasteiger partial charge in [0.15, 0.2) is 0 Å². The predicted octanol–water partition coefficient (Wildman–Crippen LogP) is 0.496. The number of aromatic nitrogens is 1. The summed E-state index contributed by atoms with van der Waals surface area (Å²) in [5.74, 6) is -0.245. The third-order valence-corrected chi connectivity index (χ3v) is 2.74. The third-order valence-electron chi connectivity index (χ3n) is 2.74. The van der Waals surface area contributed by atoms with E-state index in [1.165, 1.54) is 0 Å². The van der Waals surface area contributed by atoms with Gasteiger partial charge < -0.3 is 20.7 Å². The zero-order valence-electron chi connectivity index (χ0n) is 10.1. The molecule has 0 aliphatic carbocycles. The molecule has 0 saturated carbocycles. The molecule has 0 aromatic carbocycles. The number of nitrogen functional groups attached to an aromatic ring is 1. The average molecular weight is 225 g/mol. The van der Waals surface area contributed by atoms with E-state index in [2.05, 4.69) is 5.32 Å². The van der Waals surface area contributed by atoms with Crippen LogP contribution in [0.5, 0.6) is 0 Å². The molecule has 90 valence electrons. The molecule has 1 atom stereocenters. The van der Waals surface area contributed by atoms with Crippen molar-refractivity contribution in [2.45, 2.75) is 32.4 Å². The zero-order valence-corrected chi connectivity index (χ0v) is 10.1. The Hall–Kier alpha value is -1.49. The van der Waals surface area contributed by atoms with Crippen LogP contribution in [0, 0.1) is 0 Å². The maximum absolute atomic E-state index is 11.9. The third kappa shape index (κ3) is 2.55. The van der Waals surface area contributed by atoms with Crippen molar-refractivity contribution in [3.05, 3.63) is 18.0 Å². The highest BCUT2D eigenvalue weighted by atomic mass is 16.3. The molecule has 1 aromatic rings. The Labute approximate surface area is 95.3 Å². The average Bonchev–Trinajstić information content (AvgIpc) is 2.44. The topological polar surface area (TPSA) is 80.3 Å². The minimum atomic E-state index is -0.671. The second-order valence-electron chi connectivity index (χ2n) is 4.62. The van der Waals surface area contributed by atoms with Crippen LogP contribution in [-0.2, 0) is 7.05 Å². The number of carbonyl (C=O) groups excluding carboxylic acids is 1. The molecule has 0 radical (unpaired) electrons. The van der Waals surface area contributed by atoms with Gasteiger partial charge in [-0.05, 0) is 26.8 Å². The number of hydrogen-bond acceptors (Lipinski definition) is 3. The number of nitrogens with two attached hydrogens (primary N) is 1. The first-order chi connectivity index (χ1) is 7.24. The van der Waals surface area contributed by atoms with Gasteiger partial charge in [0.25, 0.3) is 5.91 Å². The SMILES string of the molecule is CC(O)C(C)(C)NC(=O)c1cc(N)cn1C. The Kier molecular flexibility index (Phi) is 3.28. The summed E-state index contributed by atoms with van der Waals surface area (Å²) in [6.45, 7) is 5.17. The van der Waals surface area contributed by atoms with Crippen molar-refractivity contribution in [3.8, 4) is 0 Å². The van der Waals surface area contributed by atoms with Crippen molar-refractivity contribution >= 4 is 11.6 Å². The first-order valence-corrected chi connectivity index (χ1v) is 5.16. The van der Waals surface area contributed by atoms with Crippen molar-refractivity contribution in [2.75, 3.05) is 5.73 Å². The fraction of sp³-hybridized carbons (Fsp3) is 0.545. The van der Waals surface area contributed by atoms with E-state index in [-0.39, 0.29) is 5.91 Å². The van der Waals surface area contributed by atoms with Crippen LogP contribution >= 0.6 is 0 Å². The number of amides is 1. The van der Waals surface area contributed by atoms with E-state index in [0.29, 0.717) is 11.4 Å². The molecule has 5 nitrogen and oxygen atoms in total. The lowest BCUT2D eigenvalue weighted by Gasteiger charge is -2.29. The largest absolute Gasteiger partial charge is 0.397 e. The normalized spacial score (nSPS) is 13.6. The van der Waals surface area contributed by atoms with Gasteiger partial charge in [-0.15, -0.1) is 0 Å². The van der Waals surface area contributed by atoms with Crippen LogP contribution in [0.4, 0.5) is 5.69 Å². The Morgan fingerprint density at radius 3 is 2.56 bits per heavy atom. The molecule has 5 heteroatoms. The lowest BCUT2D eigenvalue weighted by molar-refractivity contribution is 0.0703. The molecule has 0 bridgehead atoms. The van der Waals surface area contributed by atoms with Gasteiger partial charge in [0, 0.05) is 13.2 Å². The van der Waals surface area contributed by atoms with Gasteiger partial charge in [-0.1, -0.05) is 0 Å². The molecule has 1 amide bonds. The van der Waals surface area contributed by atoms with Crippen LogP contribution < -0.4 is 11.1 Å². The van der Waals surface area contributed by atoms with Crippen molar-refractivity contribution in [1.29, 1.82) is 0 Å². The van der Waals surface area contributed by atoms with Crippen LogP contribution in [0.2, 0.25) is 0 Å². The second-order valence-corrected chi connectivity index (χ2v) is 4.62. The van der Waals surface area contributed by atoms with E-state index in [1.807, 2.05) is 0 Å². The fourth-order valence-corrected chi connectivity index (χ4v) is 1.28. The molecule has 0 saturated heterocycles. The van der Waals surface area contributed by atoms with E-state index in [9.17, 15) is 9.90 Å². The molecule has 1 aromatic heterocycles. The smallest absolute Gasteiger partial charge is 0.268 e. The summed E-state index contributed by atoms with van der Waals surface area (Å²) < 4.78 is 1.66. The highest BCUT2D eigenvalue weighted by molar-refractivity contribution is 5.94. The van der Waals surface area contributed by atoms with E-state index in [0.717, 1.165) is 0 Å². The van der Waals surface area contributed by atoms with Gasteiger partial charge in [-0.2, -0.15) is 0 Å². The van der Waals surface area contributed by atoms with Crippen LogP contribution in [0.25, 0.3) is 0 Å². The van der Waals surface area contributed by atoms with Crippen LogP contribution in [0.1, 0.15) is 31.3 Å². The van der Waals surface area contributed by atoms with Crippen LogP contribution in [0.15, 0.2) is 12.3 Å². The van der Waals surface area contributed by atoms with E-state index < -0.39 is 11.6 Å². The molecule has 1 unspecified atom stereocenters. The Balaban J connectivity index is 2.85. The Morgan fingerprint density at radius 1 is 1.62 bits per heavy atom. The summed E-state index contributed by atoms with van der Waals surface area (Å²) in [6, 6.07) is 1.60. The number of rotatable bonds is 3. The zero-order chi connectivity index (χ0) is 12.5. The molecule has 1 rings (SSSR count). The number of nitrogens with zero attached hydrogens (tertiary/aromatic N) is 1. The van der Waals surface area contributed by atoms with Gasteiger partial charge in [0.2, 0.25) is 0 Å². The van der Waals surface area contributed by atoms with Crippen molar-refractivity contribution < 1.29 is 9.90 Å². The van der Waals surface area contributed by atoms with Crippen LogP contribution in [0.3, 0.4) is 0 Å². The first-order valence-electron chi connectivity index (χ1n) is 5.16. The second kappa shape index (κ2) is 4.17. The standard InChI is InChI=1S/C11H19N3O2/c1-7(15)11(2,3)13-10(16)9-5-8(12)6-14(9)4/h5-7,15H,12H2,1-4H3,(H,13,16). The number of hydrogen-bond donors (Lipinski definition) is 3. The summed E-state index contributed by atoms with van der Waals surface area (Å²) in [6.07, 6.45) is 1.04. The number of aliphatic hydroxyl groups is 1. The van der Waals surface area contributed by atoms with Gasteiger partial charge >= 0.3 is 0 Å². The first kappa shape index (κ1) is 12.6. The highest BCUT2D eigenvalue weighted by Gasteiger charge is 2.27. The van der Waals surface area contributed by atoms with Gasteiger partial charge in [0.1, 0.15) is 5.69 Å². The van der Waals surface area contributed by atoms with Crippen molar-refractivity contribution in [1.82, 2.24) is 9.88 Å². The summed E-state index contributed by atoms with van der Waals surface area (Å²) in [7, 11) is 1.75. The molecular weight excluding hydrogens is 206 g/mol. The molecule has 4 N–H and O–H groups in total. The Bertz CT molecular complexity index is 394. The van der Waals surface area contributed by atoms with Gasteiger partial charge in [-0.3, -0.25) is 4.79 Å². The summed E-state index contributed by atoms with van der Waals surface area (Å²) >= 11 is 0. The van der Waals surface area contributed by atoms with E-state index in [4.69, 9.17) is 5.73 Å². The predicted molar refractivity (Wildman–Crippen MR) is 63.1 cm³/mol. The number of nitrogens with one attached hydrogen (secondary N) is 1. The molecule has 0 fully saturated rings. The summed E-state index contributed by atoms with van der Waals surface area (Å²) in [4.78, 5) is 11.9.